The zero-order valence-corrected chi connectivity index (χ0v) is 20.1. The van der Waals surface area contributed by atoms with Crippen LogP contribution >= 0.6 is 0 Å². The second-order valence-corrected chi connectivity index (χ2v) is 10.2. The number of aliphatic carboxylic acids is 2. The Morgan fingerprint density at radius 2 is 1.77 bits per heavy atom. The molecule has 0 aromatic rings. The third kappa shape index (κ3) is 8.29. The smallest absolute Gasteiger partial charge is 0.408 e. The highest BCUT2D eigenvalue weighted by atomic mass is 16.6. The minimum Gasteiger partial charge on any atom is -0.480 e. The molecule has 0 aliphatic carbocycles. The number of carbonyl (C=O) groups excluding carboxylic acids is 1. The van der Waals surface area contributed by atoms with E-state index in [1.165, 1.54) is 0 Å². The number of quaternary nitrogens is 1. The van der Waals surface area contributed by atoms with Crippen molar-refractivity contribution < 1.29 is 33.9 Å². The molecule has 0 spiro atoms. The van der Waals surface area contributed by atoms with Gasteiger partial charge in [-0.15, -0.1) is 0 Å². The summed E-state index contributed by atoms with van der Waals surface area (Å²) in [6, 6.07) is -2.03. The van der Waals surface area contributed by atoms with Crippen LogP contribution < -0.4 is 10.7 Å². The highest BCUT2D eigenvalue weighted by molar-refractivity contribution is 5.74. The Kier molecular flexibility index (Phi) is 9.75. The van der Waals surface area contributed by atoms with Crippen LogP contribution in [0.3, 0.4) is 0 Å². The van der Waals surface area contributed by atoms with E-state index in [1.807, 2.05) is 27.7 Å². The Hall–Kier alpha value is -1.87. The third-order valence-corrected chi connectivity index (χ3v) is 5.81. The predicted molar refractivity (Wildman–Crippen MR) is 117 cm³/mol. The molecule has 0 aromatic carbocycles. The standard InChI is InChI=1S/C22H41N3O6/c1-8-15(4)18(20(28)29)24-25(11-9-10-17(25)19(26)27)13-16(12-14(2)3)23-21(30)31-22(5,6)7/h14-18,24H,8-13H2,1-7H3,(H2-,23,26,27,28,29,30)/p+1/t15-,16-,17-,18-,25?/m0/s1. The van der Waals surface area contributed by atoms with Crippen LogP contribution in [0.1, 0.15) is 74.1 Å². The van der Waals surface area contributed by atoms with E-state index in [-0.39, 0.29) is 29.0 Å². The number of rotatable bonds is 11. The van der Waals surface area contributed by atoms with Gasteiger partial charge >= 0.3 is 18.0 Å². The van der Waals surface area contributed by atoms with Gasteiger partial charge in [-0.3, -0.25) is 4.79 Å². The summed E-state index contributed by atoms with van der Waals surface area (Å²) >= 11 is 0. The maximum atomic E-state index is 12.5. The van der Waals surface area contributed by atoms with Crippen LogP contribution in [0.2, 0.25) is 0 Å². The molecular weight excluding hydrogens is 402 g/mol. The zero-order valence-electron chi connectivity index (χ0n) is 20.1. The van der Waals surface area contributed by atoms with Gasteiger partial charge in [0, 0.05) is 12.8 Å². The Balaban J connectivity index is 3.24. The average molecular weight is 445 g/mol. The van der Waals surface area contributed by atoms with Crippen molar-refractivity contribution in [1.82, 2.24) is 10.7 Å². The molecule has 0 bridgehead atoms. The van der Waals surface area contributed by atoms with Crippen LogP contribution in [-0.2, 0) is 14.3 Å². The van der Waals surface area contributed by atoms with E-state index in [1.54, 1.807) is 20.8 Å². The summed E-state index contributed by atoms with van der Waals surface area (Å²) < 4.78 is 5.34. The van der Waals surface area contributed by atoms with Gasteiger partial charge in [0.1, 0.15) is 12.1 Å². The molecule has 1 saturated heterocycles. The minimum absolute atomic E-state index is 0.0657. The number of carbonyl (C=O) groups is 3. The van der Waals surface area contributed by atoms with Gasteiger partial charge in [0.05, 0.1) is 12.6 Å². The number of amides is 1. The van der Waals surface area contributed by atoms with E-state index >= 15 is 0 Å². The Bertz CT molecular complexity index is 633. The molecule has 0 aromatic heterocycles. The van der Waals surface area contributed by atoms with Crippen LogP contribution in [0.15, 0.2) is 0 Å². The summed E-state index contributed by atoms with van der Waals surface area (Å²) in [5.41, 5.74) is 2.55. The van der Waals surface area contributed by atoms with E-state index in [9.17, 15) is 24.6 Å². The summed E-state index contributed by atoms with van der Waals surface area (Å²) in [6.45, 7) is 13.9. The largest absolute Gasteiger partial charge is 0.480 e. The molecule has 1 rings (SSSR count). The SMILES string of the molecule is CC[C@H](C)[C@H](N[N+]1(C[C@H](CC(C)C)NC(=O)OC(C)(C)C)CCC[C@H]1C(=O)O)C(=O)O. The van der Waals surface area contributed by atoms with Crippen molar-refractivity contribution in [3.05, 3.63) is 0 Å². The first-order valence-corrected chi connectivity index (χ1v) is 11.3. The van der Waals surface area contributed by atoms with Gasteiger partial charge in [-0.05, 0) is 39.0 Å². The van der Waals surface area contributed by atoms with Crippen LogP contribution in [0, 0.1) is 11.8 Å². The number of carboxylic acid groups (broad SMARTS) is 2. The lowest BCUT2D eigenvalue weighted by Crippen LogP contribution is -2.71. The summed E-state index contributed by atoms with van der Waals surface area (Å²) in [7, 11) is 0. The summed E-state index contributed by atoms with van der Waals surface area (Å²) in [6.07, 6.45) is 1.83. The summed E-state index contributed by atoms with van der Waals surface area (Å²) in [4.78, 5) is 36.6. The molecule has 180 valence electrons. The topological polar surface area (TPSA) is 125 Å². The van der Waals surface area contributed by atoms with Gasteiger partial charge in [0.2, 0.25) is 6.04 Å². The Labute approximate surface area is 186 Å². The molecule has 5 atom stereocenters. The molecule has 1 amide bonds. The summed E-state index contributed by atoms with van der Waals surface area (Å²) in [5, 5.41) is 22.6. The van der Waals surface area contributed by atoms with E-state index in [0.717, 1.165) is 0 Å². The third-order valence-electron chi connectivity index (χ3n) is 5.81. The monoisotopic (exact) mass is 444 g/mol. The molecule has 1 fully saturated rings. The van der Waals surface area contributed by atoms with Crippen molar-refractivity contribution in [1.29, 1.82) is 0 Å². The zero-order chi connectivity index (χ0) is 24.0. The van der Waals surface area contributed by atoms with Crippen molar-refractivity contribution in [2.75, 3.05) is 13.1 Å². The van der Waals surface area contributed by atoms with Crippen LogP contribution in [0.4, 0.5) is 4.79 Å². The molecule has 1 aliphatic heterocycles. The van der Waals surface area contributed by atoms with E-state index in [0.29, 0.717) is 32.2 Å². The number of alkyl carbamates (subject to hydrolysis) is 1. The molecule has 1 aliphatic rings. The number of nitrogens with one attached hydrogen (secondary N) is 2. The Morgan fingerprint density at radius 1 is 1.16 bits per heavy atom. The number of likely N-dealkylation sites (tertiary alicyclic amines) is 1. The lowest BCUT2D eigenvalue weighted by Gasteiger charge is -2.42. The van der Waals surface area contributed by atoms with Crippen LogP contribution in [0.25, 0.3) is 0 Å². The number of hydrogen-bond acceptors (Lipinski definition) is 5. The summed E-state index contributed by atoms with van der Waals surface area (Å²) in [5.74, 6) is -1.89. The van der Waals surface area contributed by atoms with Crippen molar-refractivity contribution in [3.63, 3.8) is 0 Å². The minimum atomic E-state index is -0.997. The van der Waals surface area contributed by atoms with E-state index < -0.39 is 35.7 Å². The van der Waals surface area contributed by atoms with Crippen molar-refractivity contribution in [3.8, 4) is 0 Å². The number of hydrogen-bond donors (Lipinski definition) is 4. The molecular formula is C22H42N3O6+. The molecule has 0 saturated carbocycles. The fraction of sp³-hybridized carbons (Fsp3) is 0.864. The van der Waals surface area contributed by atoms with E-state index in [4.69, 9.17) is 4.74 Å². The van der Waals surface area contributed by atoms with E-state index in [2.05, 4.69) is 10.7 Å². The van der Waals surface area contributed by atoms with Crippen molar-refractivity contribution >= 4 is 18.0 Å². The molecule has 1 heterocycles. The van der Waals surface area contributed by atoms with Crippen LogP contribution in [0.5, 0.6) is 0 Å². The Morgan fingerprint density at radius 3 is 2.23 bits per heavy atom. The maximum absolute atomic E-state index is 12.5. The fourth-order valence-electron chi connectivity index (χ4n) is 4.28. The van der Waals surface area contributed by atoms with Crippen molar-refractivity contribution in [2.45, 2.75) is 97.9 Å². The number of ether oxygens (including phenoxy) is 1. The molecule has 9 heteroatoms. The molecule has 0 radical (unpaired) electrons. The lowest BCUT2D eigenvalue weighted by molar-refractivity contribution is -0.976. The van der Waals surface area contributed by atoms with Crippen molar-refractivity contribution in [2.24, 2.45) is 11.8 Å². The molecule has 4 N–H and O–H groups in total. The number of carboxylic acids is 2. The second-order valence-electron chi connectivity index (χ2n) is 10.2. The average Bonchev–Trinajstić information content (AvgIpc) is 3.00. The quantitative estimate of drug-likeness (QED) is 0.361. The highest BCUT2D eigenvalue weighted by Gasteiger charge is 2.51. The van der Waals surface area contributed by atoms with Crippen LogP contribution in [-0.4, -0.2) is 69.7 Å². The molecule has 1 unspecified atom stereocenters. The number of nitrogens with zero attached hydrogens (tertiary/aromatic N) is 1. The normalized spacial score (nSPS) is 24.5. The van der Waals surface area contributed by atoms with Gasteiger partial charge in [0.15, 0.2) is 6.04 Å². The maximum Gasteiger partial charge on any atom is 0.408 e. The first-order valence-electron chi connectivity index (χ1n) is 11.3. The molecule has 9 nitrogen and oxygen atoms in total. The van der Waals surface area contributed by atoms with Gasteiger partial charge in [-0.2, -0.15) is 5.43 Å². The van der Waals surface area contributed by atoms with Gasteiger partial charge < -0.3 is 20.3 Å². The first-order chi connectivity index (χ1) is 14.2. The first kappa shape index (κ1) is 27.2. The van der Waals surface area contributed by atoms with Gasteiger partial charge in [-0.25, -0.2) is 14.2 Å². The van der Waals surface area contributed by atoms with Gasteiger partial charge in [0.25, 0.3) is 0 Å². The lowest BCUT2D eigenvalue weighted by atomic mass is 9.99. The van der Waals surface area contributed by atoms with Gasteiger partial charge in [-0.1, -0.05) is 34.1 Å². The highest BCUT2D eigenvalue weighted by Crippen LogP contribution is 2.28. The fourth-order valence-corrected chi connectivity index (χ4v) is 4.28. The second kappa shape index (κ2) is 11.1. The predicted octanol–water partition coefficient (Wildman–Crippen LogP) is 2.99. The molecule has 31 heavy (non-hydrogen) atoms.